The first-order valence-corrected chi connectivity index (χ1v) is 7.94. The van der Waals surface area contributed by atoms with Crippen molar-refractivity contribution in [2.45, 2.75) is 33.7 Å². The third-order valence-corrected chi connectivity index (χ3v) is 2.72. The minimum atomic E-state index is -1.73. The summed E-state index contributed by atoms with van der Waals surface area (Å²) in [5, 5.41) is 0. The Labute approximate surface area is 87.2 Å². The van der Waals surface area contributed by atoms with E-state index in [0.717, 1.165) is 0 Å². The van der Waals surface area contributed by atoms with Crippen molar-refractivity contribution in [3.8, 4) is 0 Å². The quantitative estimate of drug-likeness (QED) is 0.619. The van der Waals surface area contributed by atoms with Gasteiger partial charge in [-0.2, -0.15) is 0 Å². The molecule has 0 aliphatic heterocycles. The van der Waals surface area contributed by atoms with Crippen molar-refractivity contribution < 1.29 is 13.3 Å². The van der Waals surface area contributed by atoms with Gasteiger partial charge in [-0.1, -0.05) is 13.0 Å². The zero-order valence-electron chi connectivity index (χ0n) is 9.63. The molecule has 0 unspecified atom stereocenters. The van der Waals surface area contributed by atoms with Gasteiger partial charge in [0.1, 0.15) is 0 Å². The second kappa shape index (κ2) is 14.8. The van der Waals surface area contributed by atoms with Crippen LogP contribution in [-0.4, -0.2) is 39.6 Å². The van der Waals surface area contributed by atoms with E-state index in [9.17, 15) is 0 Å². The molecule has 0 aromatic carbocycles. The van der Waals surface area contributed by atoms with Crippen LogP contribution in [0.3, 0.4) is 0 Å². The molecule has 82 valence electrons. The molecule has 0 spiro atoms. The van der Waals surface area contributed by atoms with E-state index in [0.29, 0.717) is 19.8 Å². The predicted molar refractivity (Wildman–Crippen MR) is 62.4 cm³/mol. The van der Waals surface area contributed by atoms with Gasteiger partial charge in [-0.05, 0) is 20.8 Å². The lowest BCUT2D eigenvalue weighted by Gasteiger charge is -2.12. The standard InChI is InChI=1S/C6H16O3Si.C2H8Si/c1-4-7-10(8-5-2)9-6-3;1-2-3/h10H,4-6H2,1-3H3;2H2,1,3H3. The number of hydrogen-bond donors (Lipinski definition) is 0. The van der Waals surface area contributed by atoms with Gasteiger partial charge in [-0.25, -0.2) is 0 Å². The lowest BCUT2D eigenvalue weighted by Crippen LogP contribution is -2.27. The molecule has 0 saturated carbocycles. The highest BCUT2D eigenvalue weighted by molar-refractivity contribution is 6.36. The van der Waals surface area contributed by atoms with E-state index in [2.05, 4.69) is 6.92 Å². The smallest absolute Gasteiger partial charge is 0.376 e. The summed E-state index contributed by atoms with van der Waals surface area (Å²) in [5.41, 5.74) is 0. The molecule has 0 fully saturated rings. The van der Waals surface area contributed by atoms with Crippen molar-refractivity contribution in [3.05, 3.63) is 0 Å². The molecule has 13 heavy (non-hydrogen) atoms. The first-order valence-electron chi connectivity index (χ1n) is 5.11. The van der Waals surface area contributed by atoms with Crippen LogP contribution in [0.4, 0.5) is 0 Å². The maximum atomic E-state index is 5.22. The molecule has 0 N–H and O–H groups in total. The van der Waals surface area contributed by atoms with Crippen LogP contribution in [0.5, 0.6) is 0 Å². The first-order chi connectivity index (χ1) is 6.26. The van der Waals surface area contributed by atoms with Gasteiger partial charge in [0.05, 0.1) is 0 Å². The molecule has 0 aromatic rings. The van der Waals surface area contributed by atoms with E-state index in [1.165, 1.54) is 16.3 Å². The van der Waals surface area contributed by atoms with E-state index < -0.39 is 9.53 Å². The van der Waals surface area contributed by atoms with Crippen molar-refractivity contribution in [1.82, 2.24) is 0 Å². The largest absolute Gasteiger partial charge is 0.484 e. The Hall–Kier alpha value is 0.314. The van der Waals surface area contributed by atoms with E-state index in [1.807, 2.05) is 20.8 Å². The van der Waals surface area contributed by atoms with Crippen LogP contribution >= 0.6 is 0 Å². The van der Waals surface area contributed by atoms with Crippen molar-refractivity contribution >= 4 is 19.8 Å². The van der Waals surface area contributed by atoms with Crippen LogP contribution in [0, 0.1) is 0 Å². The highest BCUT2D eigenvalue weighted by atomic mass is 28.3. The number of rotatable bonds is 6. The van der Waals surface area contributed by atoms with E-state index in [-0.39, 0.29) is 0 Å². The fourth-order valence-corrected chi connectivity index (χ4v) is 1.66. The molecule has 0 atom stereocenters. The maximum Gasteiger partial charge on any atom is 0.484 e. The van der Waals surface area contributed by atoms with Gasteiger partial charge in [-0.15, -0.1) is 0 Å². The summed E-state index contributed by atoms with van der Waals surface area (Å²) in [6.07, 6.45) is 0. The third-order valence-electron chi connectivity index (χ3n) is 0.908. The Bertz CT molecular complexity index is 69.5. The Morgan fingerprint density at radius 2 is 1.08 bits per heavy atom. The van der Waals surface area contributed by atoms with Crippen molar-refractivity contribution in [2.75, 3.05) is 19.8 Å². The van der Waals surface area contributed by atoms with Crippen LogP contribution in [-0.2, 0) is 13.3 Å². The molecular weight excluding hydrogens is 200 g/mol. The van der Waals surface area contributed by atoms with Crippen LogP contribution in [0.1, 0.15) is 27.7 Å². The Morgan fingerprint density at radius 1 is 0.846 bits per heavy atom. The van der Waals surface area contributed by atoms with Gasteiger partial charge < -0.3 is 13.3 Å². The zero-order valence-corrected chi connectivity index (χ0v) is 12.8. The molecule has 0 rings (SSSR count). The van der Waals surface area contributed by atoms with Gasteiger partial charge in [0, 0.05) is 30.1 Å². The van der Waals surface area contributed by atoms with Crippen LogP contribution < -0.4 is 0 Å². The molecule has 0 aromatic heterocycles. The van der Waals surface area contributed by atoms with Crippen LogP contribution in [0.2, 0.25) is 6.04 Å². The lowest BCUT2D eigenvalue weighted by atomic mass is 10.9. The normalized spacial score (nSPS) is 9.92. The fraction of sp³-hybridized carbons (Fsp3) is 1.00. The summed E-state index contributed by atoms with van der Waals surface area (Å²) in [7, 11) is -0.365. The Morgan fingerprint density at radius 3 is 1.23 bits per heavy atom. The van der Waals surface area contributed by atoms with Crippen molar-refractivity contribution in [1.29, 1.82) is 0 Å². The monoisotopic (exact) mass is 224 g/mol. The SMILES string of the molecule is CCO[SiH](OCC)OCC.CC[SiH3]. The van der Waals surface area contributed by atoms with Gasteiger partial charge in [0.25, 0.3) is 0 Å². The van der Waals surface area contributed by atoms with Crippen LogP contribution in [0.25, 0.3) is 0 Å². The highest BCUT2D eigenvalue weighted by Gasteiger charge is 2.11. The predicted octanol–water partition coefficient (Wildman–Crippen LogP) is 0.603. The topological polar surface area (TPSA) is 27.7 Å². The average molecular weight is 224 g/mol. The lowest BCUT2D eigenvalue weighted by molar-refractivity contribution is 0.107. The van der Waals surface area contributed by atoms with Crippen molar-refractivity contribution in [3.63, 3.8) is 0 Å². The molecule has 0 bridgehead atoms. The molecule has 3 nitrogen and oxygen atoms in total. The summed E-state index contributed by atoms with van der Waals surface area (Å²) in [4.78, 5) is 0. The summed E-state index contributed by atoms with van der Waals surface area (Å²) < 4.78 is 15.7. The molecular formula is C8H24O3Si2. The summed E-state index contributed by atoms with van der Waals surface area (Å²) in [6, 6.07) is 1.39. The van der Waals surface area contributed by atoms with Gasteiger partial charge >= 0.3 is 9.53 Å². The zero-order chi connectivity index (χ0) is 10.5. The molecule has 0 radical (unpaired) electrons. The van der Waals surface area contributed by atoms with Crippen LogP contribution in [0.15, 0.2) is 0 Å². The molecule has 5 heteroatoms. The summed E-state index contributed by atoms with van der Waals surface area (Å²) >= 11 is 0. The maximum absolute atomic E-state index is 5.22. The van der Waals surface area contributed by atoms with Gasteiger partial charge in [-0.3, -0.25) is 0 Å². The Kier molecular flexibility index (Phi) is 18.0. The molecule has 0 saturated heterocycles. The fourth-order valence-electron chi connectivity index (χ4n) is 0.553. The average Bonchev–Trinajstić information content (AvgIpc) is 2.07. The summed E-state index contributed by atoms with van der Waals surface area (Å²) in [5.74, 6) is 0. The second-order valence-electron chi connectivity index (χ2n) is 2.36. The van der Waals surface area contributed by atoms with Gasteiger partial charge in [0.15, 0.2) is 0 Å². The van der Waals surface area contributed by atoms with E-state index in [1.54, 1.807) is 0 Å². The third kappa shape index (κ3) is 15.1. The van der Waals surface area contributed by atoms with E-state index >= 15 is 0 Å². The minimum absolute atomic E-state index is 0.677. The second-order valence-corrected chi connectivity index (χ2v) is 5.35. The minimum Gasteiger partial charge on any atom is -0.376 e. The molecule has 0 aliphatic carbocycles. The molecule has 0 aliphatic rings. The number of hydrogen-bond acceptors (Lipinski definition) is 3. The molecule has 0 amide bonds. The summed E-state index contributed by atoms with van der Waals surface area (Å²) in [6.45, 7) is 10.0. The van der Waals surface area contributed by atoms with E-state index in [4.69, 9.17) is 13.3 Å². The Balaban J connectivity index is 0. The van der Waals surface area contributed by atoms with Gasteiger partial charge in [0.2, 0.25) is 0 Å². The van der Waals surface area contributed by atoms with Crippen molar-refractivity contribution in [2.24, 2.45) is 0 Å². The highest BCUT2D eigenvalue weighted by Crippen LogP contribution is 1.90. The first kappa shape index (κ1) is 15.8. The molecule has 0 heterocycles.